The van der Waals surface area contributed by atoms with Gasteiger partial charge in [-0.25, -0.2) is 14.1 Å². The predicted octanol–water partition coefficient (Wildman–Crippen LogP) is 3.90. The van der Waals surface area contributed by atoms with Crippen LogP contribution in [0, 0.1) is 5.82 Å². The van der Waals surface area contributed by atoms with E-state index in [0.29, 0.717) is 35.8 Å². The van der Waals surface area contributed by atoms with Crippen molar-refractivity contribution in [2.45, 2.75) is 44.1 Å². The van der Waals surface area contributed by atoms with Crippen molar-refractivity contribution in [2.75, 3.05) is 6.61 Å². The van der Waals surface area contributed by atoms with E-state index in [1.54, 1.807) is 6.07 Å². The first-order valence-corrected chi connectivity index (χ1v) is 8.11. The molecule has 2 aromatic rings. The maximum atomic E-state index is 13.0. The summed E-state index contributed by atoms with van der Waals surface area (Å²) >= 11 is 5.96. The molecule has 4 rings (SSSR count). The Bertz CT molecular complexity index is 695. The summed E-state index contributed by atoms with van der Waals surface area (Å²) in [6.45, 7) is 1.08. The van der Waals surface area contributed by atoms with Gasteiger partial charge in [-0.05, 0) is 43.9 Å². The molecule has 0 saturated heterocycles. The SMILES string of the molecule is Fc1ccc(OCCn2nc(C3CC3)nc2C2CC2)c(Cl)c1. The molecule has 0 N–H and O–H groups in total. The number of aromatic nitrogens is 3. The first kappa shape index (κ1) is 14.0. The number of benzene rings is 1. The molecule has 0 bridgehead atoms. The fourth-order valence-electron chi connectivity index (χ4n) is 2.53. The van der Waals surface area contributed by atoms with E-state index in [2.05, 4.69) is 5.10 Å². The lowest BCUT2D eigenvalue weighted by molar-refractivity contribution is 0.288. The standard InChI is InChI=1S/C16H17ClFN3O/c17-13-9-12(18)5-6-14(13)22-8-7-21-16(11-3-4-11)19-15(20-21)10-1-2-10/h5-6,9-11H,1-4,7-8H2. The van der Waals surface area contributed by atoms with E-state index in [1.807, 2.05) is 4.68 Å². The van der Waals surface area contributed by atoms with E-state index >= 15 is 0 Å². The Hall–Kier alpha value is -1.62. The summed E-state index contributed by atoms with van der Waals surface area (Å²) in [7, 11) is 0. The molecule has 0 spiro atoms. The summed E-state index contributed by atoms with van der Waals surface area (Å²) in [6, 6.07) is 4.15. The molecule has 116 valence electrons. The van der Waals surface area contributed by atoms with Gasteiger partial charge in [-0.3, -0.25) is 0 Å². The third-order valence-electron chi connectivity index (χ3n) is 4.06. The Balaban J connectivity index is 1.42. The van der Waals surface area contributed by atoms with Crippen LogP contribution in [0.2, 0.25) is 5.02 Å². The van der Waals surface area contributed by atoms with Crippen molar-refractivity contribution in [2.24, 2.45) is 0 Å². The van der Waals surface area contributed by atoms with Crippen molar-refractivity contribution < 1.29 is 9.13 Å². The minimum absolute atomic E-state index is 0.291. The summed E-state index contributed by atoms with van der Waals surface area (Å²) in [5, 5.41) is 4.93. The Morgan fingerprint density at radius 3 is 2.68 bits per heavy atom. The largest absolute Gasteiger partial charge is 0.490 e. The van der Waals surface area contributed by atoms with Crippen LogP contribution in [0.5, 0.6) is 5.75 Å². The van der Waals surface area contributed by atoms with Gasteiger partial charge in [0.15, 0.2) is 5.82 Å². The van der Waals surface area contributed by atoms with Crippen LogP contribution in [-0.2, 0) is 6.54 Å². The monoisotopic (exact) mass is 321 g/mol. The van der Waals surface area contributed by atoms with Crippen LogP contribution in [0.25, 0.3) is 0 Å². The molecule has 22 heavy (non-hydrogen) atoms. The lowest BCUT2D eigenvalue weighted by atomic mass is 10.3. The maximum Gasteiger partial charge on any atom is 0.154 e. The molecule has 0 radical (unpaired) electrons. The Morgan fingerprint density at radius 2 is 2.00 bits per heavy atom. The topological polar surface area (TPSA) is 39.9 Å². The fraction of sp³-hybridized carbons (Fsp3) is 0.500. The molecule has 1 aromatic heterocycles. The second-order valence-electron chi connectivity index (χ2n) is 6.02. The average Bonchev–Trinajstić information content (AvgIpc) is 3.40. The molecule has 6 heteroatoms. The van der Waals surface area contributed by atoms with Crippen LogP contribution in [0.15, 0.2) is 18.2 Å². The van der Waals surface area contributed by atoms with E-state index in [4.69, 9.17) is 21.3 Å². The van der Waals surface area contributed by atoms with E-state index in [-0.39, 0.29) is 5.82 Å². The third-order valence-corrected chi connectivity index (χ3v) is 4.35. The van der Waals surface area contributed by atoms with Gasteiger partial charge in [0.05, 0.1) is 11.6 Å². The minimum atomic E-state index is -0.362. The van der Waals surface area contributed by atoms with Crippen LogP contribution < -0.4 is 4.74 Å². The molecular weight excluding hydrogens is 305 g/mol. The van der Waals surface area contributed by atoms with Crippen molar-refractivity contribution in [1.29, 1.82) is 0 Å². The summed E-state index contributed by atoms with van der Waals surface area (Å²) in [6.07, 6.45) is 4.81. The molecule has 2 aliphatic rings. The number of hydrogen-bond acceptors (Lipinski definition) is 3. The molecule has 0 aliphatic heterocycles. The van der Waals surface area contributed by atoms with E-state index in [9.17, 15) is 4.39 Å². The zero-order valence-electron chi connectivity index (χ0n) is 12.1. The number of ether oxygens (including phenoxy) is 1. The molecule has 0 atom stereocenters. The highest BCUT2D eigenvalue weighted by Crippen LogP contribution is 2.42. The summed E-state index contributed by atoms with van der Waals surface area (Å²) < 4.78 is 20.6. The molecule has 4 nitrogen and oxygen atoms in total. The molecule has 0 amide bonds. The van der Waals surface area contributed by atoms with Gasteiger partial charge in [0.25, 0.3) is 0 Å². The highest BCUT2D eigenvalue weighted by molar-refractivity contribution is 6.32. The van der Waals surface area contributed by atoms with Crippen LogP contribution in [0.3, 0.4) is 0 Å². The van der Waals surface area contributed by atoms with E-state index < -0.39 is 0 Å². The zero-order chi connectivity index (χ0) is 15.1. The summed E-state index contributed by atoms with van der Waals surface area (Å²) in [4.78, 5) is 4.71. The van der Waals surface area contributed by atoms with Gasteiger partial charge in [0.1, 0.15) is 24.0 Å². The first-order valence-electron chi connectivity index (χ1n) is 7.73. The number of nitrogens with zero attached hydrogens (tertiary/aromatic N) is 3. The lowest BCUT2D eigenvalue weighted by Gasteiger charge is -2.09. The predicted molar refractivity (Wildman–Crippen MR) is 80.9 cm³/mol. The summed E-state index contributed by atoms with van der Waals surface area (Å²) in [5.41, 5.74) is 0. The van der Waals surface area contributed by atoms with Gasteiger partial charge in [-0.15, -0.1) is 0 Å². The third kappa shape index (κ3) is 2.95. The minimum Gasteiger partial charge on any atom is -0.490 e. The van der Waals surface area contributed by atoms with Crippen molar-refractivity contribution in [3.63, 3.8) is 0 Å². The quantitative estimate of drug-likeness (QED) is 0.810. The number of rotatable bonds is 6. The average molecular weight is 322 g/mol. The molecule has 2 aliphatic carbocycles. The lowest BCUT2D eigenvalue weighted by Crippen LogP contribution is -2.12. The molecule has 2 fully saturated rings. The van der Waals surface area contributed by atoms with Crippen LogP contribution in [0.4, 0.5) is 4.39 Å². The zero-order valence-corrected chi connectivity index (χ0v) is 12.9. The smallest absolute Gasteiger partial charge is 0.154 e. The molecule has 2 saturated carbocycles. The van der Waals surface area contributed by atoms with Gasteiger partial charge in [0, 0.05) is 11.8 Å². The Labute approximate surface area is 133 Å². The van der Waals surface area contributed by atoms with Crippen LogP contribution in [0.1, 0.15) is 49.2 Å². The molecule has 1 aromatic carbocycles. The second-order valence-corrected chi connectivity index (χ2v) is 6.43. The van der Waals surface area contributed by atoms with Crippen molar-refractivity contribution in [3.05, 3.63) is 40.7 Å². The highest BCUT2D eigenvalue weighted by atomic mass is 35.5. The van der Waals surface area contributed by atoms with Crippen molar-refractivity contribution >= 4 is 11.6 Å². The molecule has 1 heterocycles. The second kappa shape index (κ2) is 5.54. The Kier molecular flexibility index (Phi) is 3.53. The van der Waals surface area contributed by atoms with Gasteiger partial charge in [-0.1, -0.05) is 11.6 Å². The van der Waals surface area contributed by atoms with Crippen LogP contribution >= 0.6 is 11.6 Å². The van der Waals surface area contributed by atoms with E-state index in [1.165, 1.54) is 37.8 Å². The molecule has 0 unspecified atom stereocenters. The molecular formula is C16H17ClFN3O. The summed E-state index contributed by atoms with van der Waals surface area (Å²) in [5.74, 6) is 3.34. The number of halogens is 2. The van der Waals surface area contributed by atoms with Crippen molar-refractivity contribution in [1.82, 2.24) is 14.8 Å². The van der Waals surface area contributed by atoms with Gasteiger partial charge < -0.3 is 4.74 Å². The van der Waals surface area contributed by atoms with Crippen LogP contribution in [-0.4, -0.2) is 21.4 Å². The maximum absolute atomic E-state index is 13.0. The van der Waals surface area contributed by atoms with Gasteiger partial charge in [-0.2, -0.15) is 5.10 Å². The normalized spacial score (nSPS) is 17.7. The number of hydrogen-bond donors (Lipinski definition) is 0. The van der Waals surface area contributed by atoms with Crippen molar-refractivity contribution in [3.8, 4) is 5.75 Å². The Morgan fingerprint density at radius 1 is 1.23 bits per heavy atom. The van der Waals surface area contributed by atoms with E-state index in [0.717, 1.165) is 11.6 Å². The highest BCUT2D eigenvalue weighted by Gasteiger charge is 2.34. The van der Waals surface area contributed by atoms with Gasteiger partial charge >= 0.3 is 0 Å². The van der Waals surface area contributed by atoms with Gasteiger partial charge in [0.2, 0.25) is 0 Å². The fourth-order valence-corrected chi connectivity index (χ4v) is 2.75. The first-order chi connectivity index (χ1) is 10.7.